The van der Waals surface area contributed by atoms with E-state index in [4.69, 9.17) is 57.3 Å². The molecular formula is C132H88B4N6O4. The van der Waals surface area contributed by atoms with Gasteiger partial charge in [-0.2, -0.15) is 0 Å². The second-order valence-electron chi connectivity index (χ2n) is 35.8. The molecule has 0 unspecified atom stereocenters. The summed E-state index contributed by atoms with van der Waals surface area (Å²) in [5.41, 5.74) is 24.1. The molecule has 0 N–H and O–H groups in total. The van der Waals surface area contributed by atoms with E-state index in [9.17, 15) is 0 Å². The maximum atomic E-state index is 9.02. The van der Waals surface area contributed by atoms with Crippen molar-refractivity contribution in [2.75, 3.05) is 24.5 Å². The molecule has 23 aromatic rings. The fraction of sp³-hybridized carbons (Fsp3) is 0. The summed E-state index contributed by atoms with van der Waals surface area (Å²) in [5.74, 6) is 5.22. The number of rotatable bonds is 10. The molecule has 31 rings (SSSR count). The number of nitrogens with zero attached hydrogens (tertiary/aromatic N) is 6. The third-order valence-corrected chi connectivity index (χ3v) is 28.0. The van der Waals surface area contributed by atoms with E-state index in [1.165, 1.54) is 4.90 Å². The van der Waals surface area contributed by atoms with Crippen molar-refractivity contribution in [3.05, 3.63) is 533 Å². The van der Waals surface area contributed by atoms with Crippen LogP contribution in [0.2, 0.25) is 0 Å². The molecule has 682 valence electrons. The summed E-state index contributed by atoms with van der Waals surface area (Å²) in [6.07, 6.45) is 0. The lowest BCUT2D eigenvalue weighted by molar-refractivity contribution is 0.487. The van der Waals surface area contributed by atoms with Gasteiger partial charge in [0.15, 0.2) is 0 Å². The highest BCUT2D eigenvalue weighted by Crippen LogP contribution is 2.51. The van der Waals surface area contributed by atoms with Crippen molar-refractivity contribution >= 4 is 200 Å². The molecule has 0 spiro atoms. The smallest absolute Gasteiger partial charge is 0.256 e. The molecule has 0 bridgehead atoms. The van der Waals surface area contributed by atoms with Gasteiger partial charge >= 0.3 is 0 Å². The summed E-state index contributed by atoms with van der Waals surface area (Å²) in [6.45, 7) is -0.523. The first kappa shape index (κ1) is 60.9. The molecule has 8 aliphatic heterocycles. The standard InChI is InChI=1S/C36H23BN2O.C36H25BN2O.2C30H20BNO/c1-2-12-24(13-3-1)38-32-20-10-6-16-28(32)37-29-17-7-11-21-34(29)40-35-23-25(22-33(38)36(35)37)39-30-18-8-4-14-26(30)27-15-5-9-19-31(27)39;1-4-14-26(15-5-1)38(27-16-6-2-7-17-27)29-24-33-36-35(25-29)40-34-23-13-11-21-31(34)37(36)30-20-10-12-22-32(30)39(33)28-18-8-3-9-19-28;1-3-11-21(12-4-1)22-19-27-30-29(20-22)33-28-18-10-8-16-25(28)31(30)24-15-7-9-17-26(24)32(27)23-13-5-2-6-14-23;1-2-11-21(12-3-1)22-13-4-7-16-25(22)32-26-17-8-5-14-23(26)31-24-15-6-9-19-28(24)33-29-20-10-18-27(32)30(29)31/h1-23H;1-25H;2*1-20H/i4D,5D,8D,9D,14D,15D,18D,19D;1D,2D,4D,5D,6D,7D,14D,15D,16D,17D;1D,3D,4D,11D,12D;1D,2D,3D,11D,12D. The molecule has 0 saturated heterocycles. The van der Waals surface area contributed by atoms with Crippen molar-refractivity contribution in [2.45, 2.75) is 0 Å². The van der Waals surface area contributed by atoms with E-state index >= 15 is 0 Å². The zero-order chi connectivity index (χ0) is 121. The van der Waals surface area contributed by atoms with Gasteiger partial charge < -0.3 is 48.0 Å². The number of hydrogen-bond acceptors (Lipinski definition) is 9. The first-order valence-corrected chi connectivity index (χ1v) is 47.8. The Morgan fingerprint density at radius 2 is 0.507 bits per heavy atom. The number of anilines is 15. The van der Waals surface area contributed by atoms with E-state index in [1.54, 1.807) is 22.8 Å². The average molecular weight is 1890 g/mol. The van der Waals surface area contributed by atoms with Crippen LogP contribution in [0.3, 0.4) is 0 Å². The zero-order valence-electron chi connectivity index (χ0n) is 105. The number of para-hydroxylation sites is 16. The van der Waals surface area contributed by atoms with E-state index in [1.807, 2.05) is 284 Å². The average Bonchev–Trinajstić information content (AvgIpc) is 1.58. The lowest BCUT2D eigenvalue weighted by atomic mass is 9.34. The monoisotopic (exact) mass is 1890 g/mol. The molecule has 1 aromatic heterocycles. The Morgan fingerprint density at radius 1 is 0.192 bits per heavy atom. The Bertz CT molecular complexity index is 10700. The number of hydrogen-bond donors (Lipinski definition) is 0. The fourth-order valence-electron chi connectivity index (χ4n) is 22.1. The van der Waals surface area contributed by atoms with E-state index in [-0.39, 0.29) is 149 Å². The Balaban J connectivity index is 0.000000108. The van der Waals surface area contributed by atoms with Crippen molar-refractivity contribution in [1.82, 2.24) is 4.57 Å². The highest BCUT2D eigenvalue weighted by Gasteiger charge is 2.48. The van der Waals surface area contributed by atoms with Crippen molar-refractivity contribution < 1.29 is 57.3 Å². The normalized spacial score (nSPS) is 15.6. The molecule has 0 aliphatic carbocycles. The van der Waals surface area contributed by atoms with Crippen LogP contribution in [0.1, 0.15) is 38.4 Å². The van der Waals surface area contributed by atoms with Gasteiger partial charge in [-0.15, -0.1) is 0 Å². The minimum atomic E-state index is -0.636. The van der Waals surface area contributed by atoms with Gasteiger partial charge in [-0.3, -0.25) is 0 Å². The van der Waals surface area contributed by atoms with E-state index in [0.29, 0.717) is 51.2 Å². The Morgan fingerprint density at radius 3 is 0.952 bits per heavy atom. The van der Waals surface area contributed by atoms with Crippen LogP contribution in [0.5, 0.6) is 46.0 Å². The largest absolute Gasteiger partial charge is 0.458 e. The summed E-state index contributed by atoms with van der Waals surface area (Å²) in [7, 11) is 0. The number of fused-ring (bicyclic) bond motifs is 19. The summed E-state index contributed by atoms with van der Waals surface area (Å²) in [4.78, 5) is 9.65. The topological polar surface area (TPSA) is 58.1 Å². The molecule has 0 fully saturated rings. The summed E-state index contributed by atoms with van der Waals surface area (Å²) in [5, 5.41) is 0.0625. The van der Waals surface area contributed by atoms with Crippen LogP contribution in [0.15, 0.2) is 533 Å². The van der Waals surface area contributed by atoms with Gasteiger partial charge in [-0.1, -0.05) is 357 Å². The van der Waals surface area contributed by atoms with E-state index < -0.39 is 96.7 Å². The van der Waals surface area contributed by atoms with Gasteiger partial charge in [-0.05, 0) is 246 Å². The third kappa shape index (κ3) is 14.2. The lowest BCUT2D eigenvalue weighted by Crippen LogP contribution is -2.59. The summed E-state index contributed by atoms with van der Waals surface area (Å²) < 4.78 is 267. The quantitative estimate of drug-likeness (QED) is 0.125. The SMILES string of the molecule is [2H]c1c([2H])c([2H])c(-c2cc3c4c(c2)N(c2ccccc2)c2ccccc2B4c2ccccc2O3)c([2H])c1[2H].[2H]c1c([2H])c([2H])c(-c2ccccc2N2c3ccccc3B3c4ccccc4Oc4cccc2c43)c([2H])c1[2H].[2H]c1c([2H])c([2H])c(N(c2cc3c4c(c2)N(c2ccccc2)c2ccccc2B4c2ccccc2O3)c2c([2H])c([2H])c([2H])c([2H])c2[2H])c([2H])c1[2H].[2H]c1c([2H])c([2H])c2c(c1[2H])c1c([2H])c([2H])c([2H])c([2H])c1n2-c1cc2c3c(c1)N(c1ccccc1)c1ccccc1B3c1ccccc1O2. The first-order valence-electron chi connectivity index (χ1n) is 61.8. The van der Waals surface area contributed by atoms with Crippen LogP contribution < -0.4 is 109 Å². The highest BCUT2D eigenvalue weighted by molar-refractivity contribution is 7.01. The van der Waals surface area contributed by atoms with Crippen molar-refractivity contribution in [1.29, 1.82) is 0 Å². The van der Waals surface area contributed by atoms with E-state index in [2.05, 4.69) is 81.4 Å². The molecule has 0 amide bonds. The van der Waals surface area contributed by atoms with Crippen LogP contribution >= 0.6 is 0 Å². The molecule has 9 heterocycles. The van der Waals surface area contributed by atoms with Gasteiger partial charge in [0.05, 0.1) is 66.5 Å². The van der Waals surface area contributed by atoms with E-state index in [0.717, 1.165) is 145 Å². The van der Waals surface area contributed by atoms with Crippen LogP contribution in [0.25, 0.3) is 49.7 Å². The van der Waals surface area contributed by atoms with Gasteiger partial charge in [0.1, 0.15) is 46.0 Å². The minimum absolute atomic E-state index is 0.0217. The molecule has 0 radical (unpaired) electrons. The van der Waals surface area contributed by atoms with Gasteiger partial charge in [0, 0.05) is 102 Å². The van der Waals surface area contributed by atoms with Crippen LogP contribution in [0, 0.1) is 0 Å². The maximum Gasteiger partial charge on any atom is 0.256 e. The minimum Gasteiger partial charge on any atom is -0.458 e. The van der Waals surface area contributed by atoms with Crippen molar-refractivity contribution in [3.63, 3.8) is 0 Å². The highest BCUT2D eigenvalue weighted by atomic mass is 16.5. The second-order valence-corrected chi connectivity index (χ2v) is 35.8. The first-order chi connectivity index (χ1) is 84.1. The molecule has 14 heteroatoms. The van der Waals surface area contributed by atoms with Crippen LogP contribution in [-0.2, 0) is 0 Å². The Labute approximate surface area is 888 Å². The number of benzene rings is 22. The summed E-state index contributed by atoms with van der Waals surface area (Å²) >= 11 is 0. The second kappa shape index (κ2) is 35.7. The lowest BCUT2D eigenvalue weighted by Gasteiger charge is -2.41. The molecule has 0 saturated carbocycles. The predicted molar refractivity (Wildman–Crippen MR) is 609 cm³/mol. The van der Waals surface area contributed by atoms with Gasteiger partial charge in [-0.25, -0.2) is 0 Å². The number of aromatic nitrogens is 1. The van der Waals surface area contributed by atoms with Crippen molar-refractivity contribution in [3.8, 4) is 73.9 Å². The predicted octanol–water partition coefficient (Wildman–Crippen LogP) is 26.3. The Hall–Kier alpha value is -18.9. The third-order valence-electron chi connectivity index (χ3n) is 28.0. The zero-order valence-corrected chi connectivity index (χ0v) is 77.3. The maximum absolute atomic E-state index is 9.02. The molecule has 8 aliphatic rings. The van der Waals surface area contributed by atoms with Crippen molar-refractivity contribution in [2.24, 2.45) is 0 Å². The molecule has 10 nitrogen and oxygen atoms in total. The fourth-order valence-corrected chi connectivity index (χ4v) is 22.1. The van der Waals surface area contributed by atoms with Gasteiger partial charge in [0.2, 0.25) is 0 Å². The van der Waals surface area contributed by atoms with Crippen LogP contribution in [-0.4, -0.2) is 31.4 Å². The van der Waals surface area contributed by atoms with Gasteiger partial charge in [0.25, 0.3) is 26.9 Å². The summed E-state index contributed by atoms with van der Waals surface area (Å²) in [6, 6.07) is 106. The molecule has 0 atom stereocenters. The molecule has 146 heavy (non-hydrogen) atoms. The Kier molecular flexibility index (Phi) is 14.9. The molecular weight excluding hydrogens is 1780 g/mol. The number of ether oxygens (including phenoxy) is 4. The van der Waals surface area contributed by atoms with Crippen LogP contribution in [0.4, 0.5) is 85.3 Å². The molecule has 22 aromatic carbocycles.